The van der Waals surface area contributed by atoms with Crippen LogP contribution in [0.4, 0.5) is 0 Å². The van der Waals surface area contributed by atoms with Crippen molar-refractivity contribution >= 4 is 16.2 Å². The van der Waals surface area contributed by atoms with Gasteiger partial charge < -0.3 is 9.84 Å². The lowest BCUT2D eigenvalue weighted by molar-refractivity contribution is -0.137. The molecule has 1 heterocycles. The SMILES string of the molecule is CN(CC(=O)O)S(=O)(=O)N1CCOC(C)(C)C1. The highest BCUT2D eigenvalue weighted by Crippen LogP contribution is 2.20. The van der Waals surface area contributed by atoms with Crippen LogP contribution in [0, 0.1) is 0 Å². The molecular formula is C9H18N2O5S. The Hall–Kier alpha value is -0.700. The number of rotatable bonds is 4. The first kappa shape index (κ1) is 14.4. The molecule has 0 radical (unpaired) electrons. The Morgan fingerprint density at radius 3 is 2.59 bits per heavy atom. The van der Waals surface area contributed by atoms with Gasteiger partial charge in [0, 0.05) is 20.1 Å². The fraction of sp³-hybridized carbons (Fsp3) is 0.889. The standard InChI is InChI=1S/C9H18N2O5S/c1-9(2)7-11(4-5-16-9)17(14,15)10(3)6-8(12)13/h4-7H2,1-3H3,(H,12,13). The number of nitrogens with zero attached hydrogens (tertiary/aromatic N) is 2. The van der Waals surface area contributed by atoms with E-state index in [9.17, 15) is 13.2 Å². The van der Waals surface area contributed by atoms with Gasteiger partial charge in [-0.05, 0) is 13.8 Å². The van der Waals surface area contributed by atoms with Gasteiger partial charge in [0.25, 0.3) is 10.2 Å². The summed E-state index contributed by atoms with van der Waals surface area (Å²) in [6.07, 6.45) is 0. The van der Waals surface area contributed by atoms with Crippen molar-refractivity contribution in [2.75, 3.05) is 33.3 Å². The van der Waals surface area contributed by atoms with E-state index in [4.69, 9.17) is 9.84 Å². The number of carbonyl (C=O) groups is 1. The normalized spacial score (nSPS) is 21.6. The summed E-state index contributed by atoms with van der Waals surface area (Å²) in [6.45, 7) is 3.83. The highest BCUT2D eigenvalue weighted by Gasteiger charge is 2.36. The second kappa shape index (κ2) is 4.89. The van der Waals surface area contributed by atoms with E-state index < -0.39 is 28.3 Å². The van der Waals surface area contributed by atoms with E-state index in [2.05, 4.69) is 0 Å². The highest BCUT2D eigenvalue weighted by molar-refractivity contribution is 7.86. The van der Waals surface area contributed by atoms with Gasteiger partial charge in [0.2, 0.25) is 0 Å². The number of carboxylic acids is 1. The molecule has 0 amide bonds. The van der Waals surface area contributed by atoms with E-state index in [0.29, 0.717) is 6.61 Å². The average molecular weight is 266 g/mol. The van der Waals surface area contributed by atoms with E-state index in [1.165, 1.54) is 11.4 Å². The van der Waals surface area contributed by atoms with E-state index in [1.807, 2.05) is 0 Å². The van der Waals surface area contributed by atoms with Crippen molar-refractivity contribution in [3.8, 4) is 0 Å². The maximum absolute atomic E-state index is 12.0. The minimum Gasteiger partial charge on any atom is -0.480 e. The molecule has 1 saturated heterocycles. The highest BCUT2D eigenvalue weighted by atomic mass is 32.2. The molecular weight excluding hydrogens is 248 g/mol. The first-order chi connectivity index (χ1) is 7.65. The number of hydrogen-bond acceptors (Lipinski definition) is 4. The van der Waals surface area contributed by atoms with Crippen LogP contribution >= 0.6 is 0 Å². The van der Waals surface area contributed by atoms with Crippen LogP contribution in [0.25, 0.3) is 0 Å². The van der Waals surface area contributed by atoms with Crippen molar-refractivity contribution in [1.82, 2.24) is 8.61 Å². The van der Waals surface area contributed by atoms with Crippen LogP contribution in [0.15, 0.2) is 0 Å². The number of morpholine rings is 1. The Morgan fingerprint density at radius 1 is 1.53 bits per heavy atom. The van der Waals surface area contributed by atoms with Gasteiger partial charge in [-0.25, -0.2) is 0 Å². The molecule has 1 fully saturated rings. The molecule has 7 nitrogen and oxygen atoms in total. The summed E-state index contributed by atoms with van der Waals surface area (Å²) < 4.78 is 31.6. The van der Waals surface area contributed by atoms with Crippen LogP contribution in [0.1, 0.15) is 13.8 Å². The zero-order chi connectivity index (χ0) is 13.3. The Bertz CT molecular complexity index is 392. The van der Waals surface area contributed by atoms with Gasteiger partial charge in [0.1, 0.15) is 6.54 Å². The Labute approximate surface area is 101 Å². The lowest BCUT2D eigenvalue weighted by atomic mass is 10.1. The summed E-state index contributed by atoms with van der Waals surface area (Å²) in [5.41, 5.74) is -0.546. The number of carboxylic acid groups (broad SMARTS) is 1. The predicted molar refractivity (Wildman–Crippen MR) is 60.8 cm³/mol. The quantitative estimate of drug-likeness (QED) is 0.731. The van der Waals surface area contributed by atoms with Gasteiger partial charge in [-0.2, -0.15) is 17.0 Å². The van der Waals surface area contributed by atoms with Crippen LogP contribution in [-0.2, 0) is 19.7 Å². The van der Waals surface area contributed by atoms with Gasteiger partial charge in [-0.15, -0.1) is 0 Å². The molecule has 0 aromatic carbocycles. The van der Waals surface area contributed by atoms with Gasteiger partial charge in [0.15, 0.2) is 0 Å². The third kappa shape index (κ3) is 3.63. The first-order valence-electron chi connectivity index (χ1n) is 5.22. The summed E-state index contributed by atoms with van der Waals surface area (Å²) in [5.74, 6) is -1.18. The molecule has 8 heteroatoms. The van der Waals surface area contributed by atoms with Crippen molar-refractivity contribution in [3.63, 3.8) is 0 Å². The molecule has 1 aliphatic rings. The fourth-order valence-electron chi connectivity index (χ4n) is 1.64. The molecule has 0 aromatic heterocycles. The predicted octanol–water partition coefficient (Wildman–Crippen LogP) is -0.642. The minimum absolute atomic E-state index is 0.222. The van der Waals surface area contributed by atoms with Crippen LogP contribution < -0.4 is 0 Å². The molecule has 1 rings (SSSR count). The summed E-state index contributed by atoms with van der Waals surface area (Å²) in [6, 6.07) is 0. The van der Waals surface area contributed by atoms with Crippen LogP contribution in [0.2, 0.25) is 0 Å². The fourth-order valence-corrected chi connectivity index (χ4v) is 3.09. The van der Waals surface area contributed by atoms with E-state index in [-0.39, 0.29) is 13.1 Å². The average Bonchev–Trinajstić information content (AvgIpc) is 2.14. The van der Waals surface area contributed by atoms with Gasteiger partial charge in [-0.3, -0.25) is 4.79 Å². The summed E-state index contributed by atoms with van der Waals surface area (Å²) in [7, 11) is -2.47. The lowest BCUT2D eigenvalue weighted by Crippen LogP contribution is -2.54. The lowest BCUT2D eigenvalue weighted by Gasteiger charge is -2.38. The van der Waals surface area contributed by atoms with Gasteiger partial charge >= 0.3 is 5.97 Å². The number of ether oxygens (including phenoxy) is 1. The molecule has 0 spiro atoms. The van der Waals surface area contributed by atoms with Crippen molar-refractivity contribution in [1.29, 1.82) is 0 Å². The van der Waals surface area contributed by atoms with Gasteiger partial charge in [-0.1, -0.05) is 0 Å². The molecule has 0 aromatic rings. The Balaban J connectivity index is 2.79. The Kier molecular flexibility index (Phi) is 4.13. The molecule has 0 aliphatic carbocycles. The molecule has 1 N–H and O–H groups in total. The molecule has 100 valence electrons. The van der Waals surface area contributed by atoms with E-state index in [0.717, 1.165) is 4.31 Å². The minimum atomic E-state index is -3.72. The molecule has 0 bridgehead atoms. The number of hydrogen-bond donors (Lipinski definition) is 1. The summed E-state index contributed by atoms with van der Waals surface area (Å²) in [5, 5.41) is 8.60. The second-order valence-electron chi connectivity index (χ2n) is 4.60. The van der Waals surface area contributed by atoms with E-state index >= 15 is 0 Å². The molecule has 0 atom stereocenters. The second-order valence-corrected chi connectivity index (χ2v) is 6.63. The monoisotopic (exact) mass is 266 g/mol. The van der Waals surface area contributed by atoms with Crippen molar-refractivity contribution in [3.05, 3.63) is 0 Å². The van der Waals surface area contributed by atoms with E-state index in [1.54, 1.807) is 13.8 Å². The van der Waals surface area contributed by atoms with Crippen molar-refractivity contribution < 1.29 is 23.1 Å². The maximum atomic E-state index is 12.0. The number of likely N-dealkylation sites (N-methyl/N-ethyl adjacent to an activating group) is 1. The van der Waals surface area contributed by atoms with Crippen LogP contribution in [-0.4, -0.2) is 67.0 Å². The molecule has 0 saturated carbocycles. The number of aliphatic carboxylic acids is 1. The third-order valence-electron chi connectivity index (χ3n) is 2.47. The van der Waals surface area contributed by atoms with Crippen LogP contribution in [0.3, 0.4) is 0 Å². The van der Waals surface area contributed by atoms with Crippen molar-refractivity contribution in [2.24, 2.45) is 0 Å². The zero-order valence-corrected chi connectivity index (χ0v) is 11.0. The van der Waals surface area contributed by atoms with Crippen molar-refractivity contribution in [2.45, 2.75) is 19.4 Å². The third-order valence-corrected chi connectivity index (χ3v) is 4.35. The molecule has 1 aliphatic heterocycles. The first-order valence-corrected chi connectivity index (χ1v) is 6.62. The smallest absolute Gasteiger partial charge is 0.318 e. The summed E-state index contributed by atoms with van der Waals surface area (Å²) >= 11 is 0. The van der Waals surface area contributed by atoms with Gasteiger partial charge in [0.05, 0.1) is 12.2 Å². The largest absolute Gasteiger partial charge is 0.480 e. The topological polar surface area (TPSA) is 87.2 Å². The molecule has 0 unspecified atom stereocenters. The summed E-state index contributed by atoms with van der Waals surface area (Å²) in [4.78, 5) is 10.5. The Morgan fingerprint density at radius 2 is 2.12 bits per heavy atom. The van der Waals surface area contributed by atoms with Crippen LogP contribution in [0.5, 0.6) is 0 Å². The maximum Gasteiger partial charge on any atom is 0.318 e. The molecule has 17 heavy (non-hydrogen) atoms. The zero-order valence-electron chi connectivity index (χ0n) is 10.2.